The summed E-state index contributed by atoms with van der Waals surface area (Å²) < 4.78 is 5.50. The van der Waals surface area contributed by atoms with Gasteiger partial charge in [-0.2, -0.15) is 0 Å². The van der Waals surface area contributed by atoms with Crippen LogP contribution >= 0.6 is 0 Å². The highest BCUT2D eigenvalue weighted by Crippen LogP contribution is 2.36. The van der Waals surface area contributed by atoms with Gasteiger partial charge < -0.3 is 14.8 Å². The van der Waals surface area contributed by atoms with E-state index in [-0.39, 0.29) is 0 Å². The number of aryl methyl sites for hydroxylation is 2. The summed E-state index contributed by atoms with van der Waals surface area (Å²) in [7, 11) is 0. The van der Waals surface area contributed by atoms with Gasteiger partial charge in [-0.1, -0.05) is 0 Å². The number of piperidine rings is 1. The van der Waals surface area contributed by atoms with E-state index in [1.165, 1.54) is 0 Å². The smallest absolute Gasteiger partial charge is 0.317 e. The molecule has 0 atom stereocenters. The van der Waals surface area contributed by atoms with E-state index in [0.717, 1.165) is 0 Å². The fraction of sp³-hybridized carbons (Fsp3) is 0.636. The van der Waals surface area contributed by atoms with Gasteiger partial charge in [0.15, 0.2) is 5.89 Å². The van der Waals surface area contributed by atoms with Crippen LogP contribution in [-0.4, -0.2) is 29.1 Å². The molecule has 5 heteroatoms. The molecule has 0 aromatic carbocycles. The van der Waals surface area contributed by atoms with Crippen LogP contribution in [0.4, 0.5) is 0 Å². The molecule has 1 saturated heterocycles. The van der Waals surface area contributed by atoms with Crippen molar-refractivity contribution in [2.24, 2.45) is 0 Å². The highest BCUT2D eigenvalue weighted by molar-refractivity contribution is 5.81. The zero-order valence-corrected chi connectivity index (χ0v) is 9.54. The Morgan fingerprint density at radius 2 is 2.06 bits per heavy atom. The number of hydrogen-bond acceptors (Lipinski definition) is 4. The Morgan fingerprint density at radius 3 is 2.50 bits per heavy atom. The Labute approximate surface area is 93.9 Å². The lowest BCUT2D eigenvalue weighted by Gasteiger charge is -2.31. The first-order valence-corrected chi connectivity index (χ1v) is 5.45. The van der Waals surface area contributed by atoms with Crippen molar-refractivity contribution in [3.8, 4) is 0 Å². The Hall–Kier alpha value is -1.36. The molecule has 1 aliphatic rings. The maximum absolute atomic E-state index is 11.5. The molecule has 2 rings (SSSR count). The quantitative estimate of drug-likeness (QED) is 0.783. The molecule has 2 N–H and O–H groups in total. The van der Waals surface area contributed by atoms with Crippen LogP contribution in [0, 0.1) is 13.8 Å². The molecule has 1 fully saturated rings. The third kappa shape index (κ3) is 1.61. The number of rotatable bonds is 2. The molecule has 0 unspecified atom stereocenters. The summed E-state index contributed by atoms with van der Waals surface area (Å²) in [4.78, 5) is 15.7. The van der Waals surface area contributed by atoms with Crippen LogP contribution in [0.2, 0.25) is 0 Å². The summed E-state index contributed by atoms with van der Waals surface area (Å²) >= 11 is 0. The predicted octanol–water partition coefficient (Wildman–Crippen LogP) is 0.997. The van der Waals surface area contributed by atoms with Crippen LogP contribution in [0.5, 0.6) is 0 Å². The Balaban J connectivity index is 2.46. The van der Waals surface area contributed by atoms with Crippen molar-refractivity contribution in [3.05, 3.63) is 17.3 Å². The van der Waals surface area contributed by atoms with E-state index >= 15 is 0 Å². The average molecular weight is 224 g/mol. The summed E-state index contributed by atoms with van der Waals surface area (Å²) in [6, 6.07) is 0. The molecular formula is C11H16N2O3. The van der Waals surface area contributed by atoms with Crippen LogP contribution < -0.4 is 5.32 Å². The van der Waals surface area contributed by atoms with E-state index in [1.54, 1.807) is 13.8 Å². The van der Waals surface area contributed by atoms with Gasteiger partial charge in [-0.15, -0.1) is 0 Å². The summed E-state index contributed by atoms with van der Waals surface area (Å²) in [5.41, 5.74) is -0.196. The number of oxazole rings is 1. The number of hydrogen-bond donors (Lipinski definition) is 2. The van der Waals surface area contributed by atoms with Gasteiger partial charge in [0, 0.05) is 6.92 Å². The van der Waals surface area contributed by atoms with Crippen LogP contribution in [0.25, 0.3) is 0 Å². The van der Waals surface area contributed by atoms with Crippen molar-refractivity contribution in [1.82, 2.24) is 10.3 Å². The third-order valence-corrected chi connectivity index (χ3v) is 3.20. The molecule has 0 spiro atoms. The maximum atomic E-state index is 11.5. The van der Waals surface area contributed by atoms with E-state index in [9.17, 15) is 9.90 Å². The second-order valence-corrected chi connectivity index (χ2v) is 4.28. The van der Waals surface area contributed by atoms with E-state index in [2.05, 4.69) is 10.3 Å². The minimum Gasteiger partial charge on any atom is -0.480 e. The molecule has 1 aromatic heterocycles. The minimum absolute atomic E-state index is 0.527. The van der Waals surface area contributed by atoms with E-state index < -0.39 is 11.4 Å². The lowest BCUT2D eigenvalue weighted by Crippen LogP contribution is -2.45. The lowest BCUT2D eigenvalue weighted by atomic mass is 9.76. The third-order valence-electron chi connectivity index (χ3n) is 3.20. The summed E-state index contributed by atoms with van der Waals surface area (Å²) in [6.45, 7) is 4.95. The number of aromatic nitrogens is 1. The van der Waals surface area contributed by atoms with Crippen LogP contribution in [0.15, 0.2) is 4.42 Å². The summed E-state index contributed by atoms with van der Waals surface area (Å²) in [6.07, 6.45) is 1.11. The maximum Gasteiger partial charge on any atom is 0.317 e. The van der Waals surface area contributed by atoms with Gasteiger partial charge in [-0.05, 0) is 32.9 Å². The van der Waals surface area contributed by atoms with Crippen molar-refractivity contribution in [2.75, 3.05) is 13.1 Å². The molecule has 0 aliphatic carbocycles. The normalized spacial score (nSPS) is 19.6. The molecule has 0 amide bonds. The van der Waals surface area contributed by atoms with Gasteiger partial charge in [0.1, 0.15) is 11.2 Å². The average Bonchev–Trinajstić information content (AvgIpc) is 2.59. The van der Waals surface area contributed by atoms with Crippen molar-refractivity contribution in [2.45, 2.75) is 32.1 Å². The van der Waals surface area contributed by atoms with E-state index in [4.69, 9.17) is 4.42 Å². The zero-order valence-electron chi connectivity index (χ0n) is 9.54. The highest BCUT2D eigenvalue weighted by Gasteiger charge is 2.45. The zero-order chi connectivity index (χ0) is 11.8. The van der Waals surface area contributed by atoms with Gasteiger partial charge in [0.05, 0.1) is 5.69 Å². The topological polar surface area (TPSA) is 75.4 Å². The fourth-order valence-electron chi connectivity index (χ4n) is 2.37. The molecular weight excluding hydrogens is 208 g/mol. The molecule has 5 nitrogen and oxygen atoms in total. The van der Waals surface area contributed by atoms with Crippen molar-refractivity contribution in [3.63, 3.8) is 0 Å². The molecule has 0 saturated carbocycles. The fourth-order valence-corrected chi connectivity index (χ4v) is 2.37. The monoisotopic (exact) mass is 224 g/mol. The molecule has 16 heavy (non-hydrogen) atoms. The van der Waals surface area contributed by atoms with Crippen molar-refractivity contribution in [1.29, 1.82) is 0 Å². The molecule has 1 aliphatic heterocycles. The van der Waals surface area contributed by atoms with Crippen LogP contribution in [0.1, 0.15) is 30.2 Å². The highest BCUT2D eigenvalue weighted by atomic mass is 16.4. The Morgan fingerprint density at radius 1 is 1.44 bits per heavy atom. The number of nitrogens with one attached hydrogen (secondary N) is 1. The summed E-state index contributed by atoms with van der Waals surface area (Å²) in [5.74, 6) is 0.249. The van der Waals surface area contributed by atoms with Gasteiger partial charge in [-0.3, -0.25) is 4.79 Å². The van der Waals surface area contributed by atoms with Crippen LogP contribution in [0.3, 0.4) is 0 Å². The Bertz CT molecular complexity index is 405. The Kier molecular flexibility index (Phi) is 2.71. The van der Waals surface area contributed by atoms with Gasteiger partial charge in [0.2, 0.25) is 0 Å². The number of carbonyl (C=O) groups is 1. The van der Waals surface area contributed by atoms with Crippen molar-refractivity contribution >= 4 is 5.97 Å². The predicted molar refractivity (Wildman–Crippen MR) is 57.4 cm³/mol. The van der Waals surface area contributed by atoms with Crippen molar-refractivity contribution < 1.29 is 14.3 Å². The second-order valence-electron chi connectivity index (χ2n) is 4.28. The molecule has 0 bridgehead atoms. The van der Waals surface area contributed by atoms with Gasteiger partial charge in [0.25, 0.3) is 0 Å². The molecule has 88 valence electrons. The molecule has 1 aromatic rings. The largest absolute Gasteiger partial charge is 0.480 e. The number of aliphatic carboxylic acids is 1. The van der Waals surface area contributed by atoms with E-state index in [0.29, 0.717) is 43.3 Å². The minimum atomic E-state index is -0.892. The number of carboxylic acid groups (broad SMARTS) is 1. The number of nitrogens with zero attached hydrogens (tertiary/aromatic N) is 1. The molecule has 2 heterocycles. The summed E-state index contributed by atoms with van der Waals surface area (Å²) in [5, 5.41) is 12.6. The molecule has 0 radical (unpaired) electrons. The first-order chi connectivity index (χ1) is 7.56. The standard InChI is InChI=1S/C11H16N2O3/c1-7-9(16-8(2)13-7)11(10(14)15)3-5-12-6-4-11/h12H,3-6H2,1-2H3,(H,14,15). The van der Waals surface area contributed by atoms with Gasteiger partial charge in [-0.25, -0.2) is 4.98 Å². The number of carboxylic acids is 1. The van der Waals surface area contributed by atoms with Crippen LogP contribution in [-0.2, 0) is 10.2 Å². The SMILES string of the molecule is Cc1nc(C)c(C2(C(=O)O)CCNCC2)o1. The second kappa shape index (κ2) is 3.90. The first-order valence-electron chi connectivity index (χ1n) is 5.45. The van der Waals surface area contributed by atoms with Gasteiger partial charge >= 0.3 is 5.97 Å². The first kappa shape index (κ1) is 11.1. The lowest BCUT2D eigenvalue weighted by molar-refractivity contribution is -0.145. The van der Waals surface area contributed by atoms with E-state index in [1.807, 2.05) is 0 Å².